The highest BCUT2D eigenvalue weighted by molar-refractivity contribution is 6.31. The molecule has 0 fully saturated rings. The second-order valence-electron chi connectivity index (χ2n) is 6.69. The summed E-state index contributed by atoms with van der Waals surface area (Å²) in [6.07, 6.45) is 2.90. The molecule has 0 radical (unpaired) electrons. The number of aromatic nitrogens is 1. The number of fused-ring (bicyclic) bond motifs is 1. The van der Waals surface area contributed by atoms with Gasteiger partial charge >= 0.3 is 0 Å². The summed E-state index contributed by atoms with van der Waals surface area (Å²) >= 11 is 6.15. The normalized spacial score (nSPS) is 11.3. The molecule has 0 aliphatic carbocycles. The van der Waals surface area contributed by atoms with Gasteiger partial charge in [0.25, 0.3) is 0 Å². The molecule has 0 N–H and O–H groups in total. The molecule has 0 amide bonds. The summed E-state index contributed by atoms with van der Waals surface area (Å²) < 4.78 is 13.9. The van der Waals surface area contributed by atoms with Gasteiger partial charge in [0.1, 0.15) is 5.82 Å². The first-order chi connectivity index (χ1) is 14.0. The Hall–Kier alpha value is -3.30. The molecule has 2 nitrogen and oxygen atoms in total. The molecule has 0 unspecified atom stereocenters. The molecular weight excluding hydrogens is 385 g/mol. The minimum absolute atomic E-state index is 0.228. The fourth-order valence-corrected chi connectivity index (χ4v) is 3.59. The maximum atomic E-state index is 13.9. The molecule has 0 aliphatic rings. The number of carbonyl (C=O) groups is 1. The van der Waals surface area contributed by atoms with E-state index in [1.165, 1.54) is 18.2 Å². The Balaban J connectivity index is 1.92. The van der Waals surface area contributed by atoms with Gasteiger partial charge in [0.2, 0.25) is 0 Å². The Morgan fingerprint density at radius 3 is 2.48 bits per heavy atom. The zero-order valence-electron chi connectivity index (χ0n) is 15.7. The zero-order chi connectivity index (χ0) is 20.4. The van der Waals surface area contributed by atoms with Gasteiger partial charge in [-0.1, -0.05) is 66.2 Å². The van der Waals surface area contributed by atoms with Gasteiger partial charge in [-0.3, -0.25) is 9.78 Å². The van der Waals surface area contributed by atoms with Crippen molar-refractivity contribution in [2.75, 3.05) is 0 Å². The number of ketones is 1. The highest BCUT2D eigenvalue weighted by atomic mass is 35.5. The smallest absolute Gasteiger partial charge is 0.188 e. The van der Waals surface area contributed by atoms with Gasteiger partial charge in [0.15, 0.2) is 5.78 Å². The van der Waals surface area contributed by atoms with Crippen molar-refractivity contribution in [2.45, 2.75) is 6.92 Å². The summed E-state index contributed by atoms with van der Waals surface area (Å²) in [7, 11) is 0. The Morgan fingerprint density at radius 1 is 1.00 bits per heavy atom. The predicted octanol–water partition coefficient (Wildman–Crippen LogP) is 6.90. The minimum atomic E-state index is -0.372. The van der Waals surface area contributed by atoms with Crippen molar-refractivity contribution in [3.05, 3.63) is 107 Å². The van der Waals surface area contributed by atoms with Crippen molar-refractivity contribution in [3.63, 3.8) is 0 Å². The third kappa shape index (κ3) is 3.82. The molecule has 1 heterocycles. The number of rotatable bonds is 4. The topological polar surface area (TPSA) is 30.0 Å². The van der Waals surface area contributed by atoms with Crippen LogP contribution in [0.3, 0.4) is 0 Å². The van der Waals surface area contributed by atoms with Crippen molar-refractivity contribution in [2.24, 2.45) is 0 Å². The van der Waals surface area contributed by atoms with Crippen molar-refractivity contribution >= 4 is 34.4 Å². The molecule has 4 aromatic rings. The summed E-state index contributed by atoms with van der Waals surface area (Å²) in [5.74, 6) is -0.600. The number of carbonyl (C=O) groups excluding carboxylic acids is 1. The molecule has 0 saturated heterocycles. The van der Waals surface area contributed by atoms with Gasteiger partial charge in [-0.15, -0.1) is 0 Å². The highest BCUT2D eigenvalue weighted by Crippen LogP contribution is 2.34. The van der Waals surface area contributed by atoms with E-state index < -0.39 is 0 Å². The van der Waals surface area contributed by atoms with Gasteiger partial charge in [0.05, 0.1) is 11.1 Å². The third-order valence-corrected chi connectivity index (χ3v) is 4.99. The first kappa shape index (κ1) is 19.0. The summed E-state index contributed by atoms with van der Waals surface area (Å²) in [5, 5.41) is 1.43. The van der Waals surface area contributed by atoms with Crippen LogP contribution in [0.1, 0.15) is 21.6 Å². The van der Waals surface area contributed by atoms with Crippen LogP contribution in [-0.4, -0.2) is 10.8 Å². The lowest BCUT2D eigenvalue weighted by Gasteiger charge is -2.14. The third-order valence-electron chi connectivity index (χ3n) is 4.76. The monoisotopic (exact) mass is 401 g/mol. The van der Waals surface area contributed by atoms with Crippen LogP contribution in [0.25, 0.3) is 28.1 Å². The van der Waals surface area contributed by atoms with Crippen LogP contribution in [-0.2, 0) is 0 Å². The Kier molecular flexibility index (Phi) is 5.24. The number of nitrogens with zero attached hydrogens (tertiary/aromatic N) is 1. The predicted molar refractivity (Wildman–Crippen MR) is 117 cm³/mol. The maximum absolute atomic E-state index is 13.9. The number of benzene rings is 3. The molecule has 1 aromatic heterocycles. The molecule has 3 aromatic carbocycles. The maximum Gasteiger partial charge on any atom is 0.188 e. The second kappa shape index (κ2) is 7.98. The largest absolute Gasteiger partial charge is 0.289 e. The number of allylic oxidation sites excluding steroid dienone is 1. The van der Waals surface area contributed by atoms with Crippen molar-refractivity contribution in [3.8, 4) is 11.1 Å². The fourth-order valence-electron chi connectivity index (χ4n) is 3.43. The Bertz CT molecular complexity index is 1250. The van der Waals surface area contributed by atoms with Crippen molar-refractivity contribution in [1.29, 1.82) is 0 Å². The lowest BCUT2D eigenvalue weighted by molar-refractivity contribution is 0.104. The lowest BCUT2D eigenvalue weighted by Crippen LogP contribution is -2.05. The van der Waals surface area contributed by atoms with Gasteiger partial charge in [-0.2, -0.15) is 0 Å². The van der Waals surface area contributed by atoms with E-state index in [-0.39, 0.29) is 11.6 Å². The minimum Gasteiger partial charge on any atom is -0.289 e. The molecule has 29 heavy (non-hydrogen) atoms. The van der Waals surface area contributed by atoms with Crippen LogP contribution in [0.2, 0.25) is 5.02 Å². The molecule has 0 aliphatic heterocycles. The zero-order valence-corrected chi connectivity index (χ0v) is 16.5. The van der Waals surface area contributed by atoms with Gasteiger partial charge in [-0.05, 0) is 42.8 Å². The van der Waals surface area contributed by atoms with Gasteiger partial charge in [0, 0.05) is 27.2 Å². The number of hydrogen-bond donors (Lipinski definition) is 0. The Labute approximate surface area is 173 Å². The average molecular weight is 402 g/mol. The van der Waals surface area contributed by atoms with E-state index in [4.69, 9.17) is 11.6 Å². The van der Waals surface area contributed by atoms with Crippen LogP contribution in [0, 0.1) is 12.7 Å². The van der Waals surface area contributed by atoms with Gasteiger partial charge in [-0.25, -0.2) is 4.39 Å². The van der Waals surface area contributed by atoms with Crippen LogP contribution in [0.4, 0.5) is 4.39 Å². The SMILES string of the molecule is Cc1nc2cc(Cl)ccc2c(-c2ccccc2)c1C(=O)/C=C/c1ccccc1F. The summed E-state index contributed by atoms with van der Waals surface area (Å²) in [6.45, 7) is 1.80. The summed E-state index contributed by atoms with van der Waals surface area (Å²) in [4.78, 5) is 17.8. The first-order valence-electron chi connectivity index (χ1n) is 9.17. The Morgan fingerprint density at radius 2 is 1.72 bits per heavy atom. The van der Waals surface area contributed by atoms with E-state index in [1.54, 1.807) is 37.3 Å². The van der Waals surface area contributed by atoms with Crippen molar-refractivity contribution < 1.29 is 9.18 Å². The molecule has 142 valence electrons. The molecule has 0 atom stereocenters. The summed E-state index contributed by atoms with van der Waals surface area (Å²) in [6, 6.07) is 21.5. The number of halogens is 2. The number of pyridine rings is 1. The van der Waals surface area contributed by atoms with Crippen LogP contribution in [0.5, 0.6) is 0 Å². The van der Waals surface area contributed by atoms with Crippen molar-refractivity contribution in [1.82, 2.24) is 4.98 Å². The molecule has 4 rings (SSSR count). The van der Waals surface area contributed by atoms with E-state index in [9.17, 15) is 9.18 Å². The van der Waals surface area contributed by atoms with Crippen LogP contribution >= 0.6 is 11.6 Å². The van der Waals surface area contributed by atoms with Crippen LogP contribution < -0.4 is 0 Å². The van der Waals surface area contributed by atoms with E-state index in [0.717, 1.165) is 22.0 Å². The number of aryl methyl sites for hydroxylation is 1. The van der Waals surface area contributed by atoms with E-state index >= 15 is 0 Å². The second-order valence-corrected chi connectivity index (χ2v) is 7.13. The van der Waals surface area contributed by atoms with E-state index in [0.29, 0.717) is 21.8 Å². The lowest BCUT2D eigenvalue weighted by atomic mass is 9.92. The van der Waals surface area contributed by atoms with Crippen LogP contribution in [0.15, 0.2) is 78.9 Å². The highest BCUT2D eigenvalue weighted by Gasteiger charge is 2.19. The fraction of sp³-hybridized carbons (Fsp3) is 0.0400. The standard InChI is InChI=1S/C25H17ClFNO/c1-16-24(23(29)14-11-17-7-5-6-10-21(17)27)25(18-8-3-2-4-9-18)20-13-12-19(26)15-22(20)28-16/h2-15H,1H3/b14-11+. The quantitative estimate of drug-likeness (QED) is 0.275. The van der Waals surface area contributed by atoms with Gasteiger partial charge < -0.3 is 0 Å². The first-order valence-corrected chi connectivity index (χ1v) is 9.54. The molecule has 0 saturated carbocycles. The molecule has 4 heteroatoms. The molecule has 0 bridgehead atoms. The molecular formula is C25H17ClFNO. The van der Waals surface area contributed by atoms with E-state index in [1.807, 2.05) is 36.4 Å². The molecule has 0 spiro atoms. The number of hydrogen-bond acceptors (Lipinski definition) is 2. The average Bonchev–Trinajstić information content (AvgIpc) is 2.72. The summed E-state index contributed by atoms with van der Waals surface area (Å²) in [5.41, 5.74) is 3.89. The van der Waals surface area contributed by atoms with E-state index in [2.05, 4.69) is 4.98 Å².